The molecule has 5 heteroatoms. The van der Waals surface area contributed by atoms with Crippen LogP contribution in [-0.2, 0) is 4.57 Å². The summed E-state index contributed by atoms with van der Waals surface area (Å²) in [7, 11) is -2.91. The van der Waals surface area contributed by atoms with E-state index in [1.54, 1.807) is 0 Å². The second-order valence-electron chi connectivity index (χ2n) is 13.7. The van der Waals surface area contributed by atoms with E-state index in [-0.39, 0.29) is 0 Å². The van der Waals surface area contributed by atoms with Gasteiger partial charge in [0.15, 0.2) is 17.5 Å². The molecular weight excluding hydrogens is 666 g/mol. The van der Waals surface area contributed by atoms with Crippen LogP contribution in [0.15, 0.2) is 176 Å². The van der Waals surface area contributed by atoms with Gasteiger partial charge >= 0.3 is 0 Å². The van der Waals surface area contributed by atoms with Crippen LogP contribution in [0.4, 0.5) is 0 Å². The van der Waals surface area contributed by atoms with E-state index < -0.39 is 7.14 Å². The molecule has 0 bridgehead atoms. The predicted octanol–water partition coefficient (Wildman–Crippen LogP) is 11.4. The maximum Gasteiger partial charge on any atom is 0.164 e. The third-order valence-corrected chi connectivity index (χ3v) is 13.0. The number of benzene rings is 8. The summed E-state index contributed by atoms with van der Waals surface area (Å²) in [6.45, 7) is 1.91. The number of rotatable bonds is 5. The van der Waals surface area contributed by atoms with Gasteiger partial charge in [0.2, 0.25) is 0 Å². The van der Waals surface area contributed by atoms with Crippen LogP contribution in [-0.4, -0.2) is 21.6 Å². The fourth-order valence-electron chi connectivity index (χ4n) is 7.95. The van der Waals surface area contributed by atoms with Crippen LogP contribution in [0, 0.1) is 0 Å². The Balaban J connectivity index is 1.28. The summed E-state index contributed by atoms with van der Waals surface area (Å²) >= 11 is 0. The van der Waals surface area contributed by atoms with Crippen molar-refractivity contribution in [3.8, 4) is 67.5 Å². The molecule has 0 N–H and O–H groups in total. The average molecular weight is 698 g/mol. The van der Waals surface area contributed by atoms with E-state index in [4.69, 9.17) is 15.0 Å². The first kappa shape index (κ1) is 31.3. The molecule has 0 radical (unpaired) electrons. The van der Waals surface area contributed by atoms with Gasteiger partial charge in [-0.15, -0.1) is 0 Å². The fraction of sp³-hybridized carbons (Fsp3) is 0.0208. The van der Waals surface area contributed by atoms with E-state index >= 15 is 0 Å². The van der Waals surface area contributed by atoms with Crippen molar-refractivity contribution in [2.45, 2.75) is 0 Å². The standard InChI is InChI=1S/C48H32N3OP/c1-53(52)44-26-13-12-23-41(44)42-25-14-24-38(45(42)53)34-27-35(43-30-33-19-8-9-20-37(33)39-21-10-11-22-40(39)43)29-36(28-34)48-50-46(31-15-4-2-5-16-31)49-47(51-48)32-17-6-3-7-18-32/h2-30H,1H3. The van der Waals surface area contributed by atoms with Crippen LogP contribution >= 0.6 is 7.14 Å². The van der Waals surface area contributed by atoms with Crippen LogP contribution in [0.1, 0.15) is 0 Å². The maximum atomic E-state index is 14.9. The molecule has 1 unspecified atom stereocenters. The topological polar surface area (TPSA) is 55.7 Å². The van der Waals surface area contributed by atoms with Crippen molar-refractivity contribution >= 4 is 39.3 Å². The number of hydrogen-bond donors (Lipinski definition) is 0. The Morgan fingerprint density at radius 2 is 0.868 bits per heavy atom. The van der Waals surface area contributed by atoms with Gasteiger partial charge in [-0.3, -0.25) is 0 Å². The van der Waals surface area contributed by atoms with E-state index in [0.717, 1.165) is 66.1 Å². The van der Waals surface area contributed by atoms with Gasteiger partial charge in [-0.05, 0) is 85.9 Å². The number of aromatic nitrogens is 3. The van der Waals surface area contributed by atoms with E-state index in [2.05, 4.69) is 97.1 Å². The molecule has 0 saturated heterocycles. The summed E-state index contributed by atoms with van der Waals surface area (Å²) in [6.07, 6.45) is 0. The van der Waals surface area contributed by atoms with Crippen molar-refractivity contribution in [2.75, 3.05) is 6.66 Å². The highest BCUT2D eigenvalue weighted by Crippen LogP contribution is 2.53. The summed E-state index contributed by atoms with van der Waals surface area (Å²) < 4.78 is 14.9. The van der Waals surface area contributed by atoms with Crippen molar-refractivity contribution in [2.24, 2.45) is 0 Å². The number of nitrogens with zero attached hydrogens (tertiary/aromatic N) is 3. The first-order valence-corrected chi connectivity index (χ1v) is 19.9. The van der Waals surface area contributed by atoms with Crippen LogP contribution in [0.25, 0.3) is 89.1 Å². The van der Waals surface area contributed by atoms with Crippen molar-refractivity contribution in [1.29, 1.82) is 0 Å². The molecule has 2 heterocycles. The van der Waals surface area contributed by atoms with Gasteiger partial charge in [0.1, 0.15) is 7.14 Å². The molecule has 1 aromatic heterocycles. The highest BCUT2D eigenvalue weighted by molar-refractivity contribution is 7.79. The Kier molecular flexibility index (Phi) is 7.28. The minimum Gasteiger partial charge on any atom is -0.314 e. The zero-order valence-electron chi connectivity index (χ0n) is 28.9. The van der Waals surface area contributed by atoms with Crippen molar-refractivity contribution < 1.29 is 4.57 Å². The molecule has 0 aliphatic carbocycles. The summed E-state index contributed by atoms with van der Waals surface area (Å²) in [6, 6.07) is 60.6. The Hall–Kier alpha value is -6.48. The lowest BCUT2D eigenvalue weighted by Gasteiger charge is -2.18. The summed E-state index contributed by atoms with van der Waals surface area (Å²) in [4.78, 5) is 15.2. The second-order valence-corrected chi connectivity index (χ2v) is 16.4. The Morgan fingerprint density at radius 1 is 0.377 bits per heavy atom. The zero-order valence-corrected chi connectivity index (χ0v) is 29.8. The lowest BCUT2D eigenvalue weighted by Crippen LogP contribution is -2.11. The highest BCUT2D eigenvalue weighted by Gasteiger charge is 2.36. The monoisotopic (exact) mass is 697 g/mol. The molecule has 1 aliphatic heterocycles. The third-order valence-electron chi connectivity index (χ3n) is 10.4. The lowest BCUT2D eigenvalue weighted by molar-refractivity contribution is 0.591. The smallest absolute Gasteiger partial charge is 0.164 e. The quantitative estimate of drug-likeness (QED) is 0.133. The molecule has 9 aromatic rings. The van der Waals surface area contributed by atoms with Gasteiger partial charge in [-0.25, -0.2) is 15.0 Å². The fourth-order valence-corrected chi connectivity index (χ4v) is 10.5. The van der Waals surface area contributed by atoms with E-state index in [0.29, 0.717) is 17.5 Å². The average Bonchev–Trinajstić information content (AvgIpc) is 3.47. The predicted molar refractivity (Wildman–Crippen MR) is 220 cm³/mol. The van der Waals surface area contributed by atoms with Gasteiger partial charge in [-0.1, -0.05) is 152 Å². The lowest BCUT2D eigenvalue weighted by atomic mass is 9.90. The van der Waals surface area contributed by atoms with E-state index in [1.165, 1.54) is 16.2 Å². The van der Waals surface area contributed by atoms with Crippen LogP contribution in [0.3, 0.4) is 0 Å². The summed E-state index contributed by atoms with van der Waals surface area (Å²) in [5.74, 6) is 1.78. The van der Waals surface area contributed by atoms with E-state index in [9.17, 15) is 4.57 Å². The van der Waals surface area contributed by atoms with Crippen LogP contribution in [0.2, 0.25) is 0 Å². The van der Waals surface area contributed by atoms with Crippen molar-refractivity contribution in [3.63, 3.8) is 0 Å². The summed E-state index contributed by atoms with van der Waals surface area (Å²) in [5.41, 5.74) is 8.81. The molecule has 250 valence electrons. The second kappa shape index (κ2) is 12.3. The number of hydrogen-bond acceptors (Lipinski definition) is 4. The molecule has 0 fully saturated rings. The van der Waals surface area contributed by atoms with Crippen LogP contribution < -0.4 is 10.6 Å². The molecular formula is C48H32N3OP. The molecule has 10 rings (SSSR count). The molecule has 8 aromatic carbocycles. The van der Waals surface area contributed by atoms with Gasteiger partial charge < -0.3 is 4.57 Å². The number of fused-ring (bicyclic) bond motifs is 6. The Labute approximate surface area is 307 Å². The first-order chi connectivity index (χ1) is 26.0. The Morgan fingerprint density at radius 3 is 1.57 bits per heavy atom. The molecule has 0 spiro atoms. The minimum absolute atomic E-state index is 0.571. The molecule has 4 nitrogen and oxygen atoms in total. The van der Waals surface area contributed by atoms with Crippen molar-refractivity contribution in [3.05, 3.63) is 176 Å². The SMILES string of the molecule is CP1(=O)c2ccccc2-c2cccc(-c3cc(-c4nc(-c5ccccc5)nc(-c5ccccc5)n4)cc(-c4cc5ccccc5c5ccccc45)c3)c21. The van der Waals surface area contributed by atoms with Crippen molar-refractivity contribution in [1.82, 2.24) is 15.0 Å². The van der Waals surface area contributed by atoms with Gasteiger partial charge in [0.25, 0.3) is 0 Å². The zero-order chi connectivity index (χ0) is 35.5. The third kappa shape index (κ3) is 5.22. The van der Waals surface area contributed by atoms with E-state index in [1.807, 2.05) is 85.5 Å². The van der Waals surface area contributed by atoms with Gasteiger partial charge in [-0.2, -0.15) is 0 Å². The largest absolute Gasteiger partial charge is 0.314 e. The van der Waals surface area contributed by atoms with Gasteiger partial charge in [0, 0.05) is 27.3 Å². The molecule has 1 atom stereocenters. The maximum absolute atomic E-state index is 14.9. The molecule has 0 amide bonds. The highest BCUT2D eigenvalue weighted by atomic mass is 31.2. The Bertz CT molecular complexity index is 2880. The molecule has 53 heavy (non-hydrogen) atoms. The van der Waals surface area contributed by atoms with Gasteiger partial charge in [0.05, 0.1) is 0 Å². The van der Waals surface area contributed by atoms with Crippen LogP contribution in [0.5, 0.6) is 0 Å². The normalized spacial score (nSPS) is 14.7. The first-order valence-electron chi connectivity index (χ1n) is 17.8. The minimum atomic E-state index is -2.91. The molecule has 0 saturated carbocycles. The summed E-state index contributed by atoms with van der Waals surface area (Å²) in [5, 5.41) is 6.55. The molecule has 1 aliphatic rings.